The molecule has 1 aliphatic carbocycles. The largest absolute Gasteiger partial charge is 0.327 e. The molecule has 1 aromatic heterocycles. The lowest BCUT2D eigenvalue weighted by Crippen LogP contribution is -2.35. The molecule has 0 amide bonds. The van der Waals surface area contributed by atoms with E-state index in [4.69, 9.17) is 5.73 Å². The fourth-order valence-electron chi connectivity index (χ4n) is 3.10. The molecule has 1 saturated carbocycles. The summed E-state index contributed by atoms with van der Waals surface area (Å²) in [6.45, 7) is 4.71. The van der Waals surface area contributed by atoms with Crippen LogP contribution in [0.4, 0.5) is 0 Å². The topological polar surface area (TPSA) is 26.0 Å². The van der Waals surface area contributed by atoms with Crippen molar-refractivity contribution in [2.75, 3.05) is 0 Å². The third-order valence-corrected chi connectivity index (χ3v) is 6.08. The van der Waals surface area contributed by atoms with Crippen LogP contribution in [0.25, 0.3) is 0 Å². The normalized spacial score (nSPS) is 26.5. The van der Waals surface area contributed by atoms with E-state index < -0.39 is 0 Å². The Morgan fingerprint density at radius 1 is 1.22 bits per heavy atom. The van der Waals surface area contributed by atoms with Gasteiger partial charge in [-0.15, -0.1) is 11.3 Å². The number of nitrogens with two attached hydrogens (primary N) is 1. The van der Waals surface area contributed by atoms with Crippen LogP contribution >= 0.6 is 27.3 Å². The number of hydrogen-bond donors (Lipinski definition) is 1. The zero-order valence-corrected chi connectivity index (χ0v) is 13.8. The number of thiophene rings is 1. The fraction of sp³-hybridized carbons (Fsp3) is 0.733. The predicted molar refractivity (Wildman–Crippen MR) is 84.0 cm³/mol. The Bertz CT molecular complexity index is 366. The summed E-state index contributed by atoms with van der Waals surface area (Å²) in [6, 6.07) is 4.68. The highest BCUT2D eigenvalue weighted by atomic mass is 79.9. The van der Waals surface area contributed by atoms with Crippen LogP contribution in [0.3, 0.4) is 0 Å². The van der Waals surface area contributed by atoms with Gasteiger partial charge in [0, 0.05) is 10.9 Å². The molecular formula is C15H24BrNS. The first-order valence-electron chi connectivity index (χ1n) is 7.06. The van der Waals surface area contributed by atoms with E-state index in [-0.39, 0.29) is 0 Å². The van der Waals surface area contributed by atoms with Gasteiger partial charge in [-0.3, -0.25) is 0 Å². The molecule has 0 bridgehead atoms. The SMILES string of the molecule is CC(C)C1CCC(C(N)Cc2ccc(Br)s2)CC1. The minimum absolute atomic E-state index is 0.351. The average molecular weight is 330 g/mol. The second-order valence-electron chi connectivity index (χ2n) is 5.99. The molecule has 0 spiro atoms. The lowest BCUT2D eigenvalue weighted by atomic mass is 9.74. The summed E-state index contributed by atoms with van der Waals surface area (Å²) < 4.78 is 1.22. The Hall–Kier alpha value is 0.140. The highest BCUT2D eigenvalue weighted by molar-refractivity contribution is 9.11. The van der Waals surface area contributed by atoms with Crippen LogP contribution in [0.2, 0.25) is 0 Å². The second-order valence-corrected chi connectivity index (χ2v) is 8.54. The Morgan fingerprint density at radius 3 is 2.33 bits per heavy atom. The van der Waals surface area contributed by atoms with Crippen LogP contribution in [0.1, 0.15) is 44.4 Å². The summed E-state index contributed by atoms with van der Waals surface area (Å²) in [7, 11) is 0. The van der Waals surface area contributed by atoms with Crippen molar-refractivity contribution in [2.45, 2.75) is 52.0 Å². The summed E-state index contributed by atoms with van der Waals surface area (Å²) in [5.74, 6) is 2.51. The van der Waals surface area contributed by atoms with Gasteiger partial charge in [-0.05, 0) is 77.9 Å². The monoisotopic (exact) mass is 329 g/mol. The Morgan fingerprint density at radius 2 is 1.83 bits per heavy atom. The molecule has 1 unspecified atom stereocenters. The first-order valence-corrected chi connectivity index (χ1v) is 8.67. The first-order chi connectivity index (χ1) is 8.56. The molecule has 0 aliphatic heterocycles. The summed E-state index contributed by atoms with van der Waals surface area (Å²) >= 11 is 5.34. The van der Waals surface area contributed by atoms with E-state index in [9.17, 15) is 0 Å². The van der Waals surface area contributed by atoms with Crippen molar-refractivity contribution in [3.05, 3.63) is 20.8 Å². The molecule has 1 aliphatic rings. The minimum Gasteiger partial charge on any atom is -0.327 e. The Labute approximate surface area is 123 Å². The molecule has 0 saturated heterocycles. The van der Waals surface area contributed by atoms with E-state index in [2.05, 4.69) is 41.9 Å². The van der Waals surface area contributed by atoms with Crippen molar-refractivity contribution in [2.24, 2.45) is 23.5 Å². The smallest absolute Gasteiger partial charge is 0.0701 e. The van der Waals surface area contributed by atoms with Crippen molar-refractivity contribution in [1.82, 2.24) is 0 Å². The van der Waals surface area contributed by atoms with Crippen LogP contribution in [0.5, 0.6) is 0 Å². The van der Waals surface area contributed by atoms with E-state index >= 15 is 0 Å². The molecule has 2 rings (SSSR count). The van der Waals surface area contributed by atoms with Crippen molar-refractivity contribution in [3.8, 4) is 0 Å². The van der Waals surface area contributed by atoms with Crippen molar-refractivity contribution in [3.63, 3.8) is 0 Å². The highest BCUT2D eigenvalue weighted by Crippen LogP contribution is 2.35. The number of hydrogen-bond acceptors (Lipinski definition) is 2. The maximum Gasteiger partial charge on any atom is 0.0701 e. The zero-order chi connectivity index (χ0) is 13.1. The van der Waals surface area contributed by atoms with E-state index in [1.807, 2.05) is 11.3 Å². The maximum atomic E-state index is 6.40. The van der Waals surface area contributed by atoms with E-state index in [0.29, 0.717) is 6.04 Å². The zero-order valence-electron chi connectivity index (χ0n) is 11.4. The van der Waals surface area contributed by atoms with Crippen LogP contribution < -0.4 is 5.73 Å². The average Bonchev–Trinajstić information content (AvgIpc) is 2.75. The van der Waals surface area contributed by atoms with Crippen molar-refractivity contribution < 1.29 is 0 Å². The molecule has 0 aromatic carbocycles. The predicted octanol–water partition coefficient (Wildman–Crippen LogP) is 4.84. The summed E-state index contributed by atoms with van der Waals surface area (Å²) in [5.41, 5.74) is 6.40. The van der Waals surface area contributed by atoms with Gasteiger partial charge in [0.2, 0.25) is 0 Å². The van der Waals surface area contributed by atoms with Gasteiger partial charge in [0.15, 0.2) is 0 Å². The Kier molecular flexibility index (Phi) is 5.28. The minimum atomic E-state index is 0.351. The highest BCUT2D eigenvalue weighted by Gasteiger charge is 2.27. The number of rotatable bonds is 4. The van der Waals surface area contributed by atoms with E-state index in [0.717, 1.165) is 24.2 Å². The molecule has 1 nitrogen and oxygen atoms in total. The molecule has 102 valence electrons. The molecule has 1 heterocycles. The maximum absolute atomic E-state index is 6.40. The lowest BCUT2D eigenvalue weighted by Gasteiger charge is -2.33. The van der Waals surface area contributed by atoms with Gasteiger partial charge in [-0.25, -0.2) is 0 Å². The van der Waals surface area contributed by atoms with Gasteiger partial charge in [-0.1, -0.05) is 13.8 Å². The quantitative estimate of drug-likeness (QED) is 0.840. The van der Waals surface area contributed by atoms with Crippen LogP contribution in [0, 0.1) is 17.8 Å². The fourth-order valence-corrected chi connectivity index (χ4v) is 4.65. The van der Waals surface area contributed by atoms with Crippen LogP contribution in [0.15, 0.2) is 15.9 Å². The summed E-state index contributed by atoms with van der Waals surface area (Å²) in [6.07, 6.45) is 6.47. The van der Waals surface area contributed by atoms with E-state index in [1.54, 1.807) is 0 Å². The molecule has 1 atom stereocenters. The first kappa shape index (κ1) is 14.5. The van der Waals surface area contributed by atoms with Gasteiger partial charge >= 0.3 is 0 Å². The summed E-state index contributed by atoms with van der Waals surface area (Å²) in [5, 5.41) is 0. The standard InChI is InChI=1S/C15H24BrNS/c1-10(2)11-3-5-12(6-4-11)14(17)9-13-7-8-15(16)18-13/h7-8,10-12,14H,3-6,9,17H2,1-2H3. The van der Waals surface area contributed by atoms with Gasteiger partial charge < -0.3 is 5.73 Å². The molecule has 1 fully saturated rings. The van der Waals surface area contributed by atoms with Crippen LogP contribution in [-0.2, 0) is 6.42 Å². The third kappa shape index (κ3) is 3.82. The van der Waals surface area contributed by atoms with Gasteiger partial charge in [0.1, 0.15) is 0 Å². The van der Waals surface area contributed by atoms with Crippen molar-refractivity contribution >= 4 is 27.3 Å². The molecule has 0 radical (unpaired) electrons. The lowest BCUT2D eigenvalue weighted by molar-refractivity contribution is 0.203. The molecule has 18 heavy (non-hydrogen) atoms. The number of halogens is 1. The molecular weight excluding hydrogens is 306 g/mol. The van der Waals surface area contributed by atoms with Gasteiger partial charge in [0.05, 0.1) is 3.79 Å². The van der Waals surface area contributed by atoms with Gasteiger partial charge in [0.25, 0.3) is 0 Å². The second kappa shape index (κ2) is 6.53. The summed E-state index contributed by atoms with van der Waals surface area (Å²) in [4.78, 5) is 1.42. The molecule has 1 aromatic rings. The molecule has 3 heteroatoms. The van der Waals surface area contributed by atoms with E-state index in [1.165, 1.54) is 34.3 Å². The van der Waals surface area contributed by atoms with Gasteiger partial charge in [-0.2, -0.15) is 0 Å². The molecule has 2 N–H and O–H groups in total. The Balaban J connectivity index is 1.82. The van der Waals surface area contributed by atoms with Crippen molar-refractivity contribution in [1.29, 1.82) is 0 Å². The third-order valence-electron chi connectivity index (χ3n) is 4.43. The van der Waals surface area contributed by atoms with Crippen LogP contribution in [-0.4, -0.2) is 6.04 Å².